The van der Waals surface area contributed by atoms with Gasteiger partial charge in [0.15, 0.2) is 0 Å². The molecule has 5 nitrogen and oxygen atoms in total. The van der Waals surface area contributed by atoms with Crippen LogP contribution in [0.4, 0.5) is 0 Å². The summed E-state index contributed by atoms with van der Waals surface area (Å²) in [7, 11) is -1.59. The van der Waals surface area contributed by atoms with Crippen LogP contribution in [0, 0.1) is 5.92 Å². The number of ether oxygens (including phenoxy) is 1. The van der Waals surface area contributed by atoms with Gasteiger partial charge in [0.1, 0.15) is 0 Å². The van der Waals surface area contributed by atoms with Crippen molar-refractivity contribution in [2.45, 2.75) is 38.1 Å². The fraction of sp³-hybridized carbons (Fsp3) is 1.00. The van der Waals surface area contributed by atoms with Gasteiger partial charge in [0.25, 0.3) is 0 Å². The Morgan fingerprint density at radius 2 is 2.06 bits per heavy atom. The molecule has 0 heterocycles. The summed E-state index contributed by atoms with van der Waals surface area (Å²) in [6.07, 6.45) is 4.89. The predicted molar refractivity (Wildman–Crippen MR) is 68.2 cm³/mol. The molecule has 6 heteroatoms. The zero-order valence-electron chi connectivity index (χ0n) is 10.5. The Balaban J connectivity index is 2.28. The maximum Gasteiger partial charge on any atom is 0.211 e. The van der Waals surface area contributed by atoms with Crippen molar-refractivity contribution in [3.05, 3.63) is 0 Å². The summed E-state index contributed by atoms with van der Waals surface area (Å²) in [5.41, 5.74) is 5.98. The summed E-state index contributed by atoms with van der Waals surface area (Å²) in [6, 6.07) is 0.144. The van der Waals surface area contributed by atoms with Crippen molar-refractivity contribution < 1.29 is 13.2 Å². The lowest BCUT2D eigenvalue weighted by Gasteiger charge is -2.28. The molecule has 3 N–H and O–H groups in total. The number of methoxy groups -OCH3 is 1. The lowest BCUT2D eigenvalue weighted by molar-refractivity contribution is 0.199. The molecule has 1 saturated carbocycles. The van der Waals surface area contributed by atoms with Crippen molar-refractivity contribution in [1.82, 2.24) is 4.72 Å². The van der Waals surface area contributed by atoms with Gasteiger partial charge in [-0.1, -0.05) is 12.8 Å². The van der Waals surface area contributed by atoms with Gasteiger partial charge in [0.05, 0.1) is 5.75 Å². The monoisotopic (exact) mass is 264 g/mol. The van der Waals surface area contributed by atoms with Gasteiger partial charge in [-0.15, -0.1) is 0 Å². The van der Waals surface area contributed by atoms with Crippen LogP contribution in [-0.2, 0) is 14.8 Å². The molecular formula is C11H24N2O3S. The van der Waals surface area contributed by atoms with E-state index in [2.05, 4.69) is 4.72 Å². The Morgan fingerprint density at radius 3 is 2.71 bits per heavy atom. The molecule has 1 aliphatic rings. The first-order chi connectivity index (χ1) is 8.05. The fourth-order valence-electron chi connectivity index (χ4n) is 2.19. The maximum absolute atomic E-state index is 11.6. The van der Waals surface area contributed by atoms with Crippen LogP contribution in [0.25, 0.3) is 0 Å². The van der Waals surface area contributed by atoms with Crippen LogP contribution >= 0.6 is 0 Å². The van der Waals surface area contributed by atoms with E-state index in [1.54, 1.807) is 7.11 Å². The largest absolute Gasteiger partial charge is 0.385 e. The molecule has 0 radical (unpaired) electrons. The van der Waals surface area contributed by atoms with Crippen molar-refractivity contribution in [3.63, 3.8) is 0 Å². The van der Waals surface area contributed by atoms with Crippen molar-refractivity contribution in [3.8, 4) is 0 Å². The zero-order chi connectivity index (χ0) is 12.7. The summed E-state index contributed by atoms with van der Waals surface area (Å²) < 4.78 is 30.8. The van der Waals surface area contributed by atoms with E-state index in [-0.39, 0.29) is 11.8 Å². The summed E-state index contributed by atoms with van der Waals surface area (Å²) in [5, 5.41) is 0. The van der Waals surface area contributed by atoms with Gasteiger partial charge in [-0.25, -0.2) is 13.1 Å². The first-order valence-corrected chi connectivity index (χ1v) is 7.92. The Kier molecular flexibility index (Phi) is 6.40. The molecule has 0 aromatic heterocycles. The number of nitrogens with one attached hydrogen (secondary N) is 1. The molecule has 0 aliphatic heterocycles. The molecule has 0 spiro atoms. The van der Waals surface area contributed by atoms with Gasteiger partial charge in [0.2, 0.25) is 10.0 Å². The van der Waals surface area contributed by atoms with Crippen LogP contribution in [0.3, 0.4) is 0 Å². The molecule has 17 heavy (non-hydrogen) atoms. The Bertz CT molecular complexity index is 306. The molecule has 0 aromatic carbocycles. The smallest absolute Gasteiger partial charge is 0.211 e. The van der Waals surface area contributed by atoms with Crippen LogP contribution in [0.15, 0.2) is 0 Å². The second-order valence-electron chi connectivity index (χ2n) is 4.72. The number of hydrogen-bond donors (Lipinski definition) is 2. The van der Waals surface area contributed by atoms with E-state index < -0.39 is 10.0 Å². The standard InChI is InChI=1S/C11H24N2O3S/c1-16-7-4-8-17(14,15)13-9-10-5-2-3-6-11(10)12/h10-11,13H,2-9,12H2,1H3. The maximum atomic E-state index is 11.6. The van der Waals surface area contributed by atoms with E-state index in [0.717, 1.165) is 25.7 Å². The second-order valence-corrected chi connectivity index (χ2v) is 6.65. The molecule has 1 fully saturated rings. The van der Waals surface area contributed by atoms with Crippen molar-refractivity contribution in [1.29, 1.82) is 0 Å². The molecule has 2 unspecified atom stereocenters. The van der Waals surface area contributed by atoms with Crippen molar-refractivity contribution >= 4 is 10.0 Å². The minimum Gasteiger partial charge on any atom is -0.385 e. The topological polar surface area (TPSA) is 81.4 Å². The molecule has 102 valence electrons. The molecule has 0 aromatic rings. The highest BCUT2D eigenvalue weighted by molar-refractivity contribution is 7.89. The average Bonchev–Trinajstić information content (AvgIpc) is 2.28. The SMILES string of the molecule is COCCCS(=O)(=O)NCC1CCCCC1N. The number of nitrogens with two attached hydrogens (primary N) is 1. The third kappa shape index (κ3) is 5.81. The first kappa shape index (κ1) is 14.9. The summed E-state index contributed by atoms with van der Waals surface area (Å²) >= 11 is 0. The van der Waals surface area contributed by atoms with Gasteiger partial charge in [-0.2, -0.15) is 0 Å². The lowest BCUT2D eigenvalue weighted by Crippen LogP contribution is -2.41. The fourth-order valence-corrected chi connectivity index (χ4v) is 3.30. The second kappa shape index (κ2) is 7.31. The van der Waals surface area contributed by atoms with Crippen LogP contribution < -0.4 is 10.5 Å². The quantitative estimate of drug-likeness (QED) is 0.655. The third-order valence-electron chi connectivity index (χ3n) is 3.29. The van der Waals surface area contributed by atoms with E-state index in [4.69, 9.17) is 10.5 Å². The molecule has 1 aliphatic carbocycles. The zero-order valence-corrected chi connectivity index (χ0v) is 11.3. The van der Waals surface area contributed by atoms with Crippen LogP contribution in [0.5, 0.6) is 0 Å². The Morgan fingerprint density at radius 1 is 1.35 bits per heavy atom. The molecule has 2 atom stereocenters. The number of hydrogen-bond acceptors (Lipinski definition) is 4. The lowest BCUT2D eigenvalue weighted by atomic mass is 9.85. The average molecular weight is 264 g/mol. The highest BCUT2D eigenvalue weighted by atomic mass is 32.2. The molecule has 0 amide bonds. The van der Waals surface area contributed by atoms with Gasteiger partial charge < -0.3 is 10.5 Å². The number of sulfonamides is 1. The highest BCUT2D eigenvalue weighted by Crippen LogP contribution is 2.22. The van der Waals surface area contributed by atoms with Crippen LogP contribution in [-0.4, -0.2) is 40.5 Å². The van der Waals surface area contributed by atoms with Gasteiger partial charge >= 0.3 is 0 Å². The normalized spacial score (nSPS) is 26.0. The van der Waals surface area contributed by atoms with Crippen molar-refractivity contribution in [2.24, 2.45) is 11.7 Å². The highest BCUT2D eigenvalue weighted by Gasteiger charge is 2.23. The number of rotatable bonds is 7. The summed E-state index contributed by atoms with van der Waals surface area (Å²) in [4.78, 5) is 0. The van der Waals surface area contributed by atoms with E-state index in [1.165, 1.54) is 0 Å². The minimum atomic E-state index is -3.16. The third-order valence-corrected chi connectivity index (χ3v) is 4.73. The Labute approximate surface area is 104 Å². The van der Waals surface area contributed by atoms with E-state index >= 15 is 0 Å². The molecular weight excluding hydrogens is 240 g/mol. The first-order valence-electron chi connectivity index (χ1n) is 6.27. The minimum absolute atomic E-state index is 0.128. The van der Waals surface area contributed by atoms with Crippen LogP contribution in [0.2, 0.25) is 0 Å². The van der Waals surface area contributed by atoms with Gasteiger partial charge in [-0.05, 0) is 25.2 Å². The Hall–Kier alpha value is -0.170. The van der Waals surface area contributed by atoms with Gasteiger partial charge in [0, 0.05) is 26.3 Å². The predicted octanol–water partition coefficient (Wildman–Crippen LogP) is 0.460. The summed E-state index contributed by atoms with van der Waals surface area (Å²) in [5.74, 6) is 0.420. The summed E-state index contributed by atoms with van der Waals surface area (Å²) in [6.45, 7) is 0.959. The van der Waals surface area contributed by atoms with E-state index in [1.807, 2.05) is 0 Å². The van der Waals surface area contributed by atoms with Crippen LogP contribution in [0.1, 0.15) is 32.1 Å². The van der Waals surface area contributed by atoms with E-state index in [9.17, 15) is 8.42 Å². The molecule has 1 rings (SSSR count). The van der Waals surface area contributed by atoms with Gasteiger partial charge in [-0.3, -0.25) is 0 Å². The molecule has 0 bridgehead atoms. The molecule has 0 saturated heterocycles. The van der Waals surface area contributed by atoms with Crippen molar-refractivity contribution in [2.75, 3.05) is 26.0 Å². The van der Waals surface area contributed by atoms with E-state index in [0.29, 0.717) is 25.5 Å².